The first kappa shape index (κ1) is 18.2. The molecule has 0 unspecified atom stereocenters. The van der Waals surface area contributed by atoms with Gasteiger partial charge in [0, 0.05) is 5.02 Å². The SMILES string of the molecule is C[C@H](Oc1ccc(Cl)cc1Cl)C(=O)NCC(=O)NCc1ccco1. The molecule has 1 heterocycles. The number of ether oxygens (including phenoxy) is 1. The first-order chi connectivity index (χ1) is 11.5. The number of benzene rings is 1. The Kier molecular flexibility index (Phi) is 6.52. The van der Waals surface area contributed by atoms with Crippen molar-refractivity contribution in [1.29, 1.82) is 0 Å². The van der Waals surface area contributed by atoms with Gasteiger partial charge in [-0.3, -0.25) is 9.59 Å². The zero-order valence-electron chi connectivity index (χ0n) is 12.8. The molecule has 2 aromatic rings. The van der Waals surface area contributed by atoms with Gasteiger partial charge in [0.05, 0.1) is 24.4 Å². The number of amides is 2. The van der Waals surface area contributed by atoms with Crippen LogP contribution in [0, 0.1) is 0 Å². The van der Waals surface area contributed by atoms with Crippen LogP contribution < -0.4 is 15.4 Å². The molecular formula is C16H16Cl2N2O4. The van der Waals surface area contributed by atoms with Gasteiger partial charge in [0.25, 0.3) is 5.91 Å². The fourth-order valence-corrected chi connectivity index (χ4v) is 2.24. The number of rotatable bonds is 7. The summed E-state index contributed by atoms with van der Waals surface area (Å²) >= 11 is 11.8. The van der Waals surface area contributed by atoms with Crippen LogP contribution in [0.4, 0.5) is 0 Å². The van der Waals surface area contributed by atoms with Crippen LogP contribution in [-0.4, -0.2) is 24.5 Å². The molecule has 2 rings (SSSR count). The first-order valence-electron chi connectivity index (χ1n) is 7.14. The normalized spacial score (nSPS) is 11.6. The average molecular weight is 371 g/mol. The summed E-state index contributed by atoms with van der Waals surface area (Å²) in [6.45, 7) is 1.65. The van der Waals surface area contributed by atoms with E-state index in [-0.39, 0.29) is 19.0 Å². The zero-order chi connectivity index (χ0) is 17.5. The van der Waals surface area contributed by atoms with Gasteiger partial charge in [-0.25, -0.2) is 0 Å². The molecule has 24 heavy (non-hydrogen) atoms. The Hall–Kier alpha value is -2.18. The highest BCUT2D eigenvalue weighted by Crippen LogP contribution is 2.28. The predicted octanol–water partition coefficient (Wildman–Crippen LogP) is 2.79. The summed E-state index contributed by atoms with van der Waals surface area (Å²) in [4.78, 5) is 23.6. The molecule has 0 bridgehead atoms. The minimum atomic E-state index is -0.818. The topological polar surface area (TPSA) is 80.6 Å². The molecule has 2 N–H and O–H groups in total. The third kappa shape index (κ3) is 5.47. The van der Waals surface area contributed by atoms with E-state index in [0.717, 1.165) is 0 Å². The van der Waals surface area contributed by atoms with Crippen molar-refractivity contribution in [3.63, 3.8) is 0 Å². The van der Waals surface area contributed by atoms with Gasteiger partial charge >= 0.3 is 0 Å². The van der Waals surface area contributed by atoms with E-state index in [2.05, 4.69) is 10.6 Å². The van der Waals surface area contributed by atoms with Crippen LogP contribution in [-0.2, 0) is 16.1 Å². The molecule has 8 heteroatoms. The average Bonchev–Trinajstić information content (AvgIpc) is 3.06. The van der Waals surface area contributed by atoms with E-state index in [4.69, 9.17) is 32.4 Å². The number of carbonyl (C=O) groups is 2. The quantitative estimate of drug-likeness (QED) is 0.784. The van der Waals surface area contributed by atoms with Crippen molar-refractivity contribution < 1.29 is 18.7 Å². The molecule has 0 radical (unpaired) electrons. The fraction of sp³-hybridized carbons (Fsp3) is 0.250. The van der Waals surface area contributed by atoms with Crippen molar-refractivity contribution in [3.8, 4) is 5.75 Å². The van der Waals surface area contributed by atoms with Gasteiger partial charge in [0.1, 0.15) is 11.5 Å². The highest BCUT2D eigenvalue weighted by atomic mass is 35.5. The van der Waals surface area contributed by atoms with E-state index in [1.54, 1.807) is 31.2 Å². The number of halogens is 2. The van der Waals surface area contributed by atoms with Gasteiger partial charge in [-0.15, -0.1) is 0 Å². The van der Waals surface area contributed by atoms with Crippen LogP contribution in [0.1, 0.15) is 12.7 Å². The second-order valence-corrected chi connectivity index (χ2v) is 5.75. The van der Waals surface area contributed by atoms with E-state index in [1.165, 1.54) is 12.3 Å². The molecule has 1 atom stereocenters. The molecule has 0 saturated carbocycles. The van der Waals surface area contributed by atoms with Crippen molar-refractivity contribution in [1.82, 2.24) is 10.6 Å². The van der Waals surface area contributed by atoms with Crippen LogP contribution in [0.3, 0.4) is 0 Å². The van der Waals surface area contributed by atoms with E-state index in [0.29, 0.717) is 21.6 Å². The summed E-state index contributed by atoms with van der Waals surface area (Å²) in [5, 5.41) is 5.88. The van der Waals surface area contributed by atoms with Crippen molar-refractivity contribution in [3.05, 3.63) is 52.4 Å². The smallest absolute Gasteiger partial charge is 0.261 e. The van der Waals surface area contributed by atoms with Gasteiger partial charge in [0.2, 0.25) is 5.91 Å². The van der Waals surface area contributed by atoms with Crippen LogP contribution in [0.15, 0.2) is 41.0 Å². The lowest BCUT2D eigenvalue weighted by atomic mass is 10.3. The Morgan fingerprint density at radius 3 is 2.71 bits per heavy atom. The van der Waals surface area contributed by atoms with Gasteiger partial charge in [-0.05, 0) is 37.3 Å². The molecule has 2 amide bonds. The molecule has 6 nitrogen and oxygen atoms in total. The number of carbonyl (C=O) groups excluding carboxylic acids is 2. The second kappa shape index (κ2) is 8.61. The highest BCUT2D eigenvalue weighted by Gasteiger charge is 2.17. The third-order valence-corrected chi connectivity index (χ3v) is 3.56. The number of hydrogen-bond donors (Lipinski definition) is 2. The number of nitrogens with one attached hydrogen (secondary N) is 2. The molecule has 0 aliphatic heterocycles. The predicted molar refractivity (Wildman–Crippen MR) is 90.1 cm³/mol. The molecule has 1 aromatic carbocycles. The summed E-state index contributed by atoms with van der Waals surface area (Å²) in [5.41, 5.74) is 0. The van der Waals surface area contributed by atoms with Gasteiger partial charge in [-0.1, -0.05) is 23.2 Å². The van der Waals surface area contributed by atoms with Gasteiger partial charge < -0.3 is 19.8 Å². The lowest BCUT2D eigenvalue weighted by molar-refractivity contribution is -0.130. The number of hydrogen-bond acceptors (Lipinski definition) is 4. The fourth-order valence-electron chi connectivity index (χ4n) is 1.79. The zero-order valence-corrected chi connectivity index (χ0v) is 14.4. The maximum absolute atomic E-state index is 12.0. The molecule has 0 aliphatic rings. The Labute approximate surface area is 149 Å². The van der Waals surface area contributed by atoms with Crippen molar-refractivity contribution in [2.24, 2.45) is 0 Å². The second-order valence-electron chi connectivity index (χ2n) is 4.91. The monoisotopic (exact) mass is 370 g/mol. The van der Waals surface area contributed by atoms with E-state index in [1.807, 2.05) is 0 Å². The lowest BCUT2D eigenvalue weighted by Crippen LogP contribution is -2.42. The lowest BCUT2D eigenvalue weighted by Gasteiger charge is -2.15. The van der Waals surface area contributed by atoms with Crippen molar-refractivity contribution in [2.45, 2.75) is 19.6 Å². The molecule has 128 valence electrons. The summed E-state index contributed by atoms with van der Waals surface area (Å²) < 4.78 is 10.6. The van der Waals surface area contributed by atoms with E-state index < -0.39 is 12.0 Å². The van der Waals surface area contributed by atoms with Crippen LogP contribution in [0.2, 0.25) is 10.0 Å². The van der Waals surface area contributed by atoms with Gasteiger partial charge in [0.15, 0.2) is 6.10 Å². The van der Waals surface area contributed by atoms with E-state index >= 15 is 0 Å². The summed E-state index contributed by atoms with van der Waals surface area (Å²) in [7, 11) is 0. The maximum atomic E-state index is 12.0. The van der Waals surface area contributed by atoms with Crippen LogP contribution in [0.25, 0.3) is 0 Å². The minimum Gasteiger partial charge on any atom is -0.479 e. The Bertz CT molecular complexity index is 704. The Morgan fingerprint density at radius 2 is 2.04 bits per heavy atom. The Morgan fingerprint density at radius 1 is 1.25 bits per heavy atom. The molecular weight excluding hydrogens is 355 g/mol. The molecule has 1 aromatic heterocycles. The largest absolute Gasteiger partial charge is 0.479 e. The van der Waals surface area contributed by atoms with Crippen molar-refractivity contribution in [2.75, 3.05) is 6.54 Å². The third-order valence-electron chi connectivity index (χ3n) is 3.03. The maximum Gasteiger partial charge on any atom is 0.261 e. The molecule has 0 saturated heterocycles. The highest BCUT2D eigenvalue weighted by molar-refractivity contribution is 6.35. The Balaban J connectivity index is 1.75. The first-order valence-corrected chi connectivity index (χ1v) is 7.90. The summed E-state index contributed by atoms with van der Waals surface area (Å²) in [6, 6.07) is 8.17. The van der Waals surface area contributed by atoms with Crippen molar-refractivity contribution >= 4 is 35.0 Å². The minimum absolute atomic E-state index is 0.165. The van der Waals surface area contributed by atoms with E-state index in [9.17, 15) is 9.59 Å². The standard InChI is InChI=1S/C16H16Cl2N2O4/c1-10(24-14-5-4-11(17)7-13(14)18)16(22)20-9-15(21)19-8-12-3-2-6-23-12/h2-7,10H,8-9H2,1H3,(H,19,21)(H,20,22)/t10-/m0/s1. The van der Waals surface area contributed by atoms with Gasteiger partial charge in [-0.2, -0.15) is 0 Å². The molecule has 0 aliphatic carbocycles. The summed E-state index contributed by atoms with van der Waals surface area (Å²) in [6.07, 6.45) is 0.700. The summed E-state index contributed by atoms with van der Waals surface area (Å²) in [5.74, 6) is 0.195. The van der Waals surface area contributed by atoms with Crippen LogP contribution >= 0.6 is 23.2 Å². The molecule has 0 spiro atoms. The number of furan rings is 1. The van der Waals surface area contributed by atoms with Crippen LogP contribution in [0.5, 0.6) is 5.75 Å². The molecule has 0 fully saturated rings.